The normalized spacial score (nSPS) is 10.9. The maximum absolute atomic E-state index is 10.6. The number of rotatable bonds is 20. The van der Waals surface area contributed by atoms with Crippen molar-refractivity contribution in [3.05, 3.63) is 29.8 Å². The smallest absolute Gasteiger partial charge is 0.341 e. The van der Waals surface area contributed by atoms with Crippen molar-refractivity contribution in [2.45, 2.75) is 116 Å². The first-order valence-corrected chi connectivity index (χ1v) is 12.2. The largest absolute Gasteiger partial charge is 0.482 e. The van der Waals surface area contributed by atoms with Crippen LogP contribution in [0.2, 0.25) is 0 Å². The summed E-state index contributed by atoms with van der Waals surface area (Å²) in [6.45, 7) is 2.01. The Morgan fingerprint density at radius 2 is 1.24 bits per heavy atom. The van der Waals surface area contributed by atoms with Crippen LogP contribution in [0.3, 0.4) is 0 Å². The molecule has 0 bridgehead atoms. The van der Waals surface area contributed by atoms with Crippen molar-refractivity contribution in [3.8, 4) is 5.75 Å². The van der Waals surface area contributed by atoms with Gasteiger partial charge in [-0.05, 0) is 30.5 Å². The monoisotopic (exact) mass is 404 g/mol. The minimum absolute atomic E-state index is 0.275. The Hall–Kier alpha value is -1.51. The van der Waals surface area contributed by atoms with Gasteiger partial charge in [0.2, 0.25) is 0 Å². The second kappa shape index (κ2) is 18.5. The van der Waals surface area contributed by atoms with E-state index in [1.54, 1.807) is 0 Å². The molecule has 0 atom stereocenters. The highest BCUT2D eigenvalue weighted by atomic mass is 16.5. The highest BCUT2D eigenvalue weighted by Gasteiger charge is 2.01. The molecule has 0 aromatic heterocycles. The van der Waals surface area contributed by atoms with Gasteiger partial charge in [0.1, 0.15) is 5.75 Å². The predicted octanol–water partition coefficient (Wildman–Crippen LogP) is 7.95. The summed E-state index contributed by atoms with van der Waals surface area (Å²) in [7, 11) is 0. The van der Waals surface area contributed by atoms with E-state index in [0.717, 1.165) is 6.42 Å². The summed E-state index contributed by atoms with van der Waals surface area (Å²) in [6.07, 6.45) is 23.2. The molecule has 0 radical (unpaired) electrons. The molecule has 0 spiro atoms. The van der Waals surface area contributed by atoms with Crippen LogP contribution in [0.1, 0.15) is 115 Å². The maximum atomic E-state index is 10.6. The molecule has 29 heavy (non-hydrogen) atoms. The number of aliphatic carboxylic acids is 1. The molecule has 1 rings (SSSR count). The van der Waals surface area contributed by atoms with Crippen molar-refractivity contribution in [2.75, 3.05) is 6.61 Å². The van der Waals surface area contributed by atoms with Crippen LogP contribution in [-0.2, 0) is 11.2 Å². The average molecular weight is 405 g/mol. The van der Waals surface area contributed by atoms with Crippen molar-refractivity contribution in [1.82, 2.24) is 0 Å². The summed E-state index contributed by atoms with van der Waals surface area (Å²) in [4.78, 5) is 10.6. The molecule has 0 heterocycles. The second-order valence-electron chi connectivity index (χ2n) is 8.38. The summed E-state index contributed by atoms with van der Waals surface area (Å²) in [5.74, 6) is -0.283. The Morgan fingerprint density at radius 1 is 0.759 bits per heavy atom. The van der Waals surface area contributed by atoms with Crippen molar-refractivity contribution in [3.63, 3.8) is 0 Å². The number of benzene rings is 1. The Labute approximate surface area is 179 Å². The lowest BCUT2D eigenvalue weighted by atomic mass is 10.0. The third kappa shape index (κ3) is 16.0. The summed E-state index contributed by atoms with van der Waals surface area (Å²) < 4.78 is 5.24. The van der Waals surface area contributed by atoms with Crippen LogP contribution in [0.5, 0.6) is 5.75 Å². The van der Waals surface area contributed by atoms with E-state index in [9.17, 15) is 4.79 Å². The fraction of sp³-hybridized carbons (Fsp3) is 0.731. The van der Waals surface area contributed by atoms with Crippen LogP contribution in [0.4, 0.5) is 0 Å². The van der Waals surface area contributed by atoms with Gasteiger partial charge in [-0.1, -0.05) is 115 Å². The minimum atomic E-state index is -0.937. The van der Waals surface area contributed by atoms with Gasteiger partial charge in [0.15, 0.2) is 6.61 Å². The summed E-state index contributed by atoms with van der Waals surface area (Å²) >= 11 is 0. The summed E-state index contributed by atoms with van der Waals surface area (Å²) in [5.41, 5.74) is 1.23. The molecule has 0 unspecified atom stereocenters. The van der Waals surface area contributed by atoms with Gasteiger partial charge in [0, 0.05) is 0 Å². The third-order valence-electron chi connectivity index (χ3n) is 5.58. The van der Waals surface area contributed by atoms with Crippen LogP contribution >= 0.6 is 0 Å². The quantitative estimate of drug-likeness (QED) is 0.224. The van der Waals surface area contributed by atoms with Gasteiger partial charge < -0.3 is 9.84 Å². The molecular formula is C26H44O3. The molecule has 1 aromatic rings. The molecule has 0 amide bonds. The molecule has 3 heteroatoms. The van der Waals surface area contributed by atoms with E-state index in [0.29, 0.717) is 5.75 Å². The molecule has 3 nitrogen and oxygen atoms in total. The van der Waals surface area contributed by atoms with Crippen LogP contribution in [0, 0.1) is 0 Å². The lowest BCUT2D eigenvalue weighted by Gasteiger charge is -2.06. The number of aryl methyl sites for hydroxylation is 1. The summed E-state index contributed by atoms with van der Waals surface area (Å²) in [5, 5.41) is 8.68. The molecule has 166 valence electrons. The van der Waals surface area contributed by atoms with Gasteiger partial charge >= 0.3 is 5.97 Å². The van der Waals surface area contributed by atoms with E-state index in [1.165, 1.54) is 108 Å². The van der Waals surface area contributed by atoms with Gasteiger partial charge in [0.05, 0.1) is 0 Å². The van der Waals surface area contributed by atoms with Crippen molar-refractivity contribution in [1.29, 1.82) is 0 Å². The number of carboxylic acid groups (broad SMARTS) is 1. The number of hydrogen-bond acceptors (Lipinski definition) is 2. The van der Waals surface area contributed by atoms with E-state index in [4.69, 9.17) is 9.84 Å². The molecule has 1 N–H and O–H groups in total. The zero-order valence-corrected chi connectivity index (χ0v) is 18.8. The van der Waals surface area contributed by atoms with Crippen molar-refractivity contribution in [2.24, 2.45) is 0 Å². The Balaban J connectivity index is 1.87. The lowest BCUT2D eigenvalue weighted by Crippen LogP contribution is -2.09. The first-order valence-electron chi connectivity index (χ1n) is 12.2. The maximum Gasteiger partial charge on any atom is 0.341 e. The Morgan fingerprint density at radius 3 is 1.72 bits per heavy atom. The molecule has 0 aliphatic heterocycles. The van der Waals surface area contributed by atoms with E-state index in [2.05, 4.69) is 13.0 Å². The zero-order valence-electron chi connectivity index (χ0n) is 18.8. The predicted molar refractivity (Wildman–Crippen MR) is 123 cm³/mol. The molecule has 0 fully saturated rings. The fourth-order valence-electron chi connectivity index (χ4n) is 3.81. The topological polar surface area (TPSA) is 46.5 Å². The van der Waals surface area contributed by atoms with E-state index >= 15 is 0 Å². The molecule has 1 aromatic carbocycles. The molecule has 0 aliphatic rings. The highest BCUT2D eigenvalue weighted by Crippen LogP contribution is 2.17. The highest BCUT2D eigenvalue weighted by molar-refractivity contribution is 5.68. The Bertz CT molecular complexity index is 512. The zero-order chi connectivity index (χ0) is 21.0. The standard InChI is InChI=1S/C26H44O3/c1-2-3-4-5-6-7-8-9-10-11-12-13-14-15-16-17-19-24-20-18-21-25(22-24)29-23-26(27)28/h18,20-22H,2-17,19,23H2,1H3,(H,27,28). The fourth-order valence-corrected chi connectivity index (χ4v) is 3.81. The Kier molecular flexibility index (Phi) is 16.3. The first kappa shape index (κ1) is 25.5. The second-order valence-corrected chi connectivity index (χ2v) is 8.38. The van der Waals surface area contributed by atoms with E-state index in [-0.39, 0.29) is 6.61 Å². The van der Waals surface area contributed by atoms with Gasteiger partial charge in [-0.2, -0.15) is 0 Å². The van der Waals surface area contributed by atoms with Gasteiger partial charge in [-0.3, -0.25) is 0 Å². The van der Waals surface area contributed by atoms with Crippen LogP contribution in [-0.4, -0.2) is 17.7 Å². The van der Waals surface area contributed by atoms with Crippen molar-refractivity contribution >= 4 is 5.97 Å². The van der Waals surface area contributed by atoms with Crippen molar-refractivity contribution < 1.29 is 14.6 Å². The van der Waals surface area contributed by atoms with Gasteiger partial charge in [0.25, 0.3) is 0 Å². The SMILES string of the molecule is CCCCCCCCCCCCCCCCCCc1cccc(OCC(=O)O)c1. The number of carboxylic acids is 1. The van der Waals surface area contributed by atoms with Gasteiger partial charge in [-0.25, -0.2) is 4.79 Å². The number of hydrogen-bond donors (Lipinski definition) is 1. The van der Waals surface area contributed by atoms with E-state index in [1.807, 2.05) is 18.2 Å². The third-order valence-corrected chi connectivity index (χ3v) is 5.58. The summed E-state index contributed by atoms with van der Waals surface area (Å²) in [6, 6.07) is 7.83. The molecule has 0 saturated heterocycles. The average Bonchev–Trinajstić information content (AvgIpc) is 2.72. The first-order chi connectivity index (χ1) is 14.2. The van der Waals surface area contributed by atoms with Crippen LogP contribution in [0.15, 0.2) is 24.3 Å². The van der Waals surface area contributed by atoms with Crippen LogP contribution in [0.25, 0.3) is 0 Å². The minimum Gasteiger partial charge on any atom is -0.482 e. The van der Waals surface area contributed by atoms with Gasteiger partial charge in [-0.15, -0.1) is 0 Å². The molecular weight excluding hydrogens is 360 g/mol. The lowest BCUT2D eigenvalue weighted by molar-refractivity contribution is -0.139. The van der Waals surface area contributed by atoms with Crippen LogP contribution < -0.4 is 4.74 Å². The molecule has 0 aliphatic carbocycles. The number of ether oxygens (including phenoxy) is 1. The number of unbranched alkanes of at least 4 members (excludes halogenated alkanes) is 15. The number of carbonyl (C=O) groups is 1. The molecule has 0 saturated carbocycles. The van der Waals surface area contributed by atoms with E-state index < -0.39 is 5.97 Å².